The third kappa shape index (κ3) is 3.42. The lowest BCUT2D eigenvalue weighted by atomic mass is 10.1. The molecule has 1 amide bonds. The number of thiazole rings is 1. The van der Waals surface area contributed by atoms with Gasteiger partial charge in [-0.05, 0) is 64.5 Å². The molecule has 9 heteroatoms. The van der Waals surface area contributed by atoms with E-state index in [4.69, 9.17) is 0 Å². The molecule has 0 spiro atoms. The summed E-state index contributed by atoms with van der Waals surface area (Å²) in [7, 11) is 0. The number of hydrogen-bond acceptors (Lipinski definition) is 4. The molecular weight excluding hydrogens is 469 g/mol. The zero-order valence-corrected chi connectivity index (χ0v) is 17.7. The summed E-state index contributed by atoms with van der Waals surface area (Å²) in [5.41, 5.74) is 2.66. The molecule has 1 N–H and O–H groups in total. The van der Waals surface area contributed by atoms with Gasteiger partial charge in [-0.15, -0.1) is 11.3 Å². The topological polar surface area (TPSA) is 64.2 Å². The lowest BCUT2D eigenvalue weighted by molar-refractivity contribution is 0.102. The van der Waals surface area contributed by atoms with Gasteiger partial charge in [0.1, 0.15) is 17.3 Å². The fourth-order valence-corrected chi connectivity index (χ4v) is 4.10. The molecule has 0 bridgehead atoms. The van der Waals surface area contributed by atoms with Gasteiger partial charge < -0.3 is 5.32 Å². The second kappa shape index (κ2) is 7.51. The Hall–Kier alpha value is -3.30. The summed E-state index contributed by atoms with van der Waals surface area (Å²) in [5, 5.41) is 9.08. The second-order valence-corrected chi connectivity index (χ2v) is 8.26. The van der Waals surface area contributed by atoms with Gasteiger partial charge in [-0.1, -0.05) is 0 Å². The van der Waals surface area contributed by atoms with Crippen LogP contribution in [0.25, 0.3) is 21.9 Å². The molecule has 148 valence electrons. The molecule has 0 unspecified atom stereocenters. The molecule has 0 aliphatic rings. The fourth-order valence-electron chi connectivity index (χ4n) is 3.10. The van der Waals surface area contributed by atoms with Crippen molar-refractivity contribution < 1.29 is 9.18 Å². The van der Waals surface area contributed by atoms with Crippen molar-refractivity contribution in [3.63, 3.8) is 0 Å². The zero-order chi connectivity index (χ0) is 20.7. The third-order valence-corrected chi connectivity index (χ3v) is 5.72. The molecule has 6 nitrogen and oxygen atoms in total. The summed E-state index contributed by atoms with van der Waals surface area (Å²) in [4.78, 5) is 18.3. The molecule has 0 radical (unpaired) electrons. The molecule has 3 aromatic heterocycles. The maximum absolute atomic E-state index is 13.3. The van der Waals surface area contributed by atoms with E-state index in [-0.39, 0.29) is 11.7 Å². The molecule has 2 aromatic carbocycles. The van der Waals surface area contributed by atoms with E-state index in [2.05, 4.69) is 31.3 Å². The Balaban J connectivity index is 1.46. The molecule has 3 heterocycles. The van der Waals surface area contributed by atoms with Crippen LogP contribution < -0.4 is 5.32 Å². The first-order chi connectivity index (χ1) is 14.6. The minimum Gasteiger partial charge on any atom is -0.306 e. The van der Waals surface area contributed by atoms with Gasteiger partial charge in [-0.2, -0.15) is 5.10 Å². The molecule has 0 atom stereocenters. The van der Waals surface area contributed by atoms with Crippen molar-refractivity contribution in [2.45, 2.75) is 0 Å². The maximum Gasteiger partial charge on any atom is 0.256 e. The van der Waals surface area contributed by atoms with Crippen LogP contribution in [-0.2, 0) is 0 Å². The second-order valence-electron chi connectivity index (χ2n) is 6.48. The highest BCUT2D eigenvalue weighted by molar-refractivity contribution is 9.10. The van der Waals surface area contributed by atoms with Crippen LogP contribution in [0.2, 0.25) is 0 Å². The van der Waals surface area contributed by atoms with Gasteiger partial charge in [-0.25, -0.2) is 14.1 Å². The summed E-state index contributed by atoms with van der Waals surface area (Å²) < 4.78 is 17.7. The Morgan fingerprint density at radius 1 is 1.10 bits per heavy atom. The Morgan fingerprint density at radius 3 is 2.57 bits per heavy atom. The van der Waals surface area contributed by atoms with E-state index in [0.29, 0.717) is 17.1 Å². The number of anilines is 1. The van der Waals surface area contributed by atoms with Crippen LogP contribution >= 0.6 is 27.3 Å². The van der Waals surface area contributed by atoms with Crippen LogP contribution in [0.1, 0.15) is 10.4 Å². The summed E-state index contributed by atoms with van der Waals surface area (Å²) in [5.74, 6) is -0.0443. The van der Waals surface area contributed by atoms with E-state index in [9.17, 15) is 9.18 Å². The van der Waals surface area contributed by atoms with E-state index in [1.54, 1.807) is 35.1 Å². The molecule has 0 aliphatic heterocycles. The Kier molecular flexibility index (Phi) is 4.68. The average Bonchev–Trinajstić information content (AvgIpc) is 3.46. The summed E-state index contributed by atoms with van der Waals surface area (Å²) >= 11 is 4.83. The van der Waals surface area contributed by atoms with Crippen molar-refractivity contribution in [1.29, 1.82) is 0 Å². The van der Waals surface area contributed by atoms with Crippen molar-refractivity contribution in [3.8, 4) is 16.9 Å². The lowest BCUT2D eigenvalue weighted by Crippen LogP contribution is -2.14. The first-order valence-electron chi connectivity index (χ1n) is 8.92. The zero-order valence-electron chi connectivity index (χ0n) is 15.3. The van der Waals surface area contributed by atoms with Crippen LogP contribution in [0.15, 0.2) is 77.0 Å². The van der Waals surface area contributed by atoms with E-state index in [1.165, 1.54) is 23.5 Å². The summed E-state index contributed by atoms with van der Waals surface area (Å²) in [6.45, 7) is 0. The Labute approximate surface area is 182 Å². The van der Waals surface area contributed by atoms with Gasteiger partial charge in [0.05, 0.1) is 16.4 Å². The van der Waals surface area contributed by atoms with Crippen LogP contribution in [0.5, 0.6) is 0 Å². The largest absolute Gasteiger partial charge is 0.306 e. The highest BCUT2D eigenvalue weighted by atomic mass is 79.9. The summed E-state index contributed by atoms with van der Waals surface area (Å²) in [6, 6.07) is 13.2. The molecule has 0 aliphatic carbocycles. The van der Waals surface area contributed by atoms with E-state index in [1.807, 2.05) is 34.3 Å². The van der Waals surface area contributed by atoms with Gasteiger partial charge >= 0.3 is 0 Å². The number of rotatable bonds is 4. The number of hydrogen-bond donors (Lipinski definition) is 1. The molecule has 0 saturated heterocycles. The molecule has 0 saturated carbocycles. The number of fused-ring (bicyclic) bond motifs is 1. The smallest absolute Gasteiger partial charge is 0.256 e. The van der Waals surface area contributed by atoms with E-state index < -0.39 is 0 Å². The number of nitrogens with one attached hydrogen (secondary N) is 1. The number of halogens is 2. The van der Waals surface area contributed by atoms with E-state index >= 15 is 0 Å². The van der Waals surface area contributed by atoms with Gasteiger partial charge in [0.25, 0.3) is 5.91 Å². The van der Waals surface area contributed by atoms with Crippen molar-refractivity contribution in [1.82, 2.24) is 19.2 Å². The SMILES string of the molecule is O=C(Nc1c(-c2ccc(F)cc2)nc2sccn12)c1ccc(-n2cc(Br)cn2)cc1. The highest BCUT2D eigenvalue weighted by Gasteiger charge is 2.18. The standard InChI is InChI=1S/C21H13BrFN5OS/c22-15-11-24-28(12-15)17-7-3-14(4-8-17)20(29)26-19-18(13-1-5-16(23)6-2-13)25-21-27(19)9-10-30-21/h1-12H,(H,26,29). The number of nitrogens with zero attached hydrogens (tertiary/aromatic N) is 4. The molecule has 0 fully saturated rings. The molecule has 5 aromatic rings. The lowest BCUT2D eigenvalue weighted by Gasteiger charge is -2.08. The van der Waals surface area contributed by atoms with Crippen molar-refractivity contribution in [2.24, 2.45) is 0 Å². The minimum absolute atomic E-state index is 0.264. The first kappa shape index (κ1) is 18.7. The fraction of sp³-hybridized carbons (Fsp3) is 0. The van der Waals surface area contributed by atoms with Gasteiger partial charge in [0.2, 0.25) is 0 Å². The van der Waals surface area contributed by atoms with Crippen molar-refractivity contribution >= 4 is 44.0 Å². The van der Waals surface area contributed by atoms with Crippen LogP contribution in [-0.4, -0.2) is 25.1 Å². The van der Waals surface area contributed by atoms with Crippen LogP contribution in [0.3, 0.4) is 0 Å². The minimum atomic E-state index is -0.324. The Bertz CT molecular complexity index is 1350. The monoisotopic (exact) mass is 481 g/mol. The van der Waals surface area contributed by atoms with Gasteiger partial charge in [-0.3, -0.25) is 9.20 Å². The number of carbonyl (C=O) groups excluding carboxylic acids is 1. The normalized spacial score (nSPS) is 11.1. The number of carbonyl (C=O) groups is 1. The van der Waals surface area contributed by atoms with Gasteiger partial charge in [0.15, 0.2) is 4.96 Å². The number of aromatic nitrogens is 4. The van der Waals surface area contributed by atoms with Crippen LogP contribution in [0.4, 0.5) is 10.2 Å². The Morgan fingerprint density at radius 2 is 1.87 bits per heavy atom. The molecule has 5 rings (SSSR count). The quantitative estimate of drug-likeness (QED) is 0.373. The summed E-state index contributed by atoms with van der Waals surface area (Å²) in [6.07, 6.45) is 5.38. The predicted molar refractivity (Wildman–Crippen MR) is 118 cm³/mol. The van der Waals surface area contributed by atoms with Crippen molar-refractivity contribution in [3.05, 3.63) is 88.4 Å². The maximum atomic E-state index is 13.3. The predicted octanol–water partition coefficient (Wildman–Crippen LogP) is 5.40. The van der Waals surface area contributed by atoms with Crippen LogP contribution in [0, 0.1) is 5.82 Å². The highest BCUT2D eigenvalue weighted by Crippen LogP contribution is 2.31. The number of benzene rings is 2. The first-order valence-corrected chi connectivity index (χ1v) is 10.6. The number of imidazole rings is 1. The number of amides is 1. The molecular formula is C21H13BrFN5OS. The van der Waals surface area contributed by atoms with Crippen molar-refractivity contribution in [2.75, 3.05) is 5.32 Å². The third-order valence-electron chi connectivity index (χ3n) is 4.56. The van der Waals surface area contributed by atoms with Gasteiger partial charge in [0, 0.05) is 28.9 Å². The van der Waals surface area contributed by atoms with E-state index in [0.717, 1.165) is 20.7 Å². The average molecular weight is 482 g/mol. The molecule has 30 heavy (non-hydrogen) atoms.